The minimum atomic E-state index is 0.0653. The first kappa shape index (κ1) is 27.6. The molecule has 0 saturated carbocycles. The second kappa shape index (κ2) is 12.5. The molecule has 1 aromatic carbocycles. The molecule has 1 amide bonds. The van der Waals surface area contributed by atoms with E-state index in [4.69, 9.17) is 9.47 Å². The molecule has 216 valence electrons. The molecule has 2 fully saturated rings. The number of fused-ring (bicyclic) bond motifs is 1. The normalized spacial score (nSPS) is 16.8. The lowest BCUT2D eigenvalue weighted by Crippen LogP contribution is -2.40. The van der Waals surface area contributed by atoms with Gasteiger partial charge in [0.2, 0.25) is 0 Å². The quantitative estimate of drug-likeness (QED) is 0.317. The Morgan fingerprint density at radius 2 is 1.98 bits per heavy atom. The molecule has 0 unspecified atom stereocenters. The highest BCUT2D eigenvalue weighted by molar-refractivity contribution is 7.20. The number of ether oxygens (including phenoxy) is 2. The maximum atomic E-state index is 13.2. The van der Waals surface area contributed by atoms with Crippen LogP contribution in [0.4, 0.5) is 5.82 Å². The average molecular weight is 576 g/mol. The van der Waals surface area contributed by atoms with Gasteiger partial charge in [-0.25, -0.2) is 15.0 Å². The van der Waals surface area contributed by atoms with Gasteiger partial charge in [0.05, 0.1) is 43.0 Å². The molecule has 2 saturated heterocycles. The van der Waals surface area contributed by atoms with Crippen LogP contribution in [0.1, 0.15) is 46.1 Å². The summed E-state index contributed by atoms with van der Waals surface area (Å²) in [6.45, 7) is 10.8. The highest BCUT2D eigenvalue weighted by Crippen LogP contribution is 2.35. The summed E-state index contributed by atoms with van der Waals surface area (Å²) in [7, 11) is 0. The number of piperidine rings is 1. The zero-order valence-corrected chi connectivity index (χ0v) is 24.5. The number of imidazole rings is 1. The summed E-state index contributed by atoms with van der Waals surface area (Å²) in [4.78, 5) is 32.5. The fraction of sp³-hybridized carbons (Fsp3) is 0.467. The molecule has 0 spiro atoms. The number of nitrogens with one attached hydrogen (secondary N) is 1. The highest BCUT2D eigenvalue weighted by Gasteiger charge is 2.26. The number of benzene rings is 1. The number of aryl methyl sites for hydroxylation is 1. The summed E-state index contributed by atoms with van der Waals surface area (Å²) in [5.41, 5.74) is 3.42. The van der Waals surface area contributed by atoms with Crippen LogP contribution in [0.5, 0.6) is 5.75 Å². The maximum absolute atomic E-state index is 13.2. The van der Waals surface area contributed by atoms with Gasteiger partial charge in [-0.05, 0) is 49.9 Å². The lowest BCUT2D eigenvalue weighted by atomic mass is 10.0. The molecule has 0 atom stereocenters. The third kappa shape index (κ3) is 6.22. The molecule has 0 bridgehead atoms. The molecule has 5 heterocycles. The van der Waals surface area contributed by atoms with Crippen LogP contribution in [-0.4, -0.2) is 87.3 Å². The van der Waals surface area contributed by atoms with E-state index in [0.29, 0.717) is 39.0 Å². The molecule has 11 heteroatoms. The molecule has 2 aliphatic rings. The van der Waals surface area contributed by atoms with Crippen LogP contribution < -0.4 is 10.1 Å². The zero-order chi connectivity index (χ0) is 28.2. The largest absolute Gasteiger partial charge is 0.494 e. The van der Waals surface area contributed by atoms with Crippen molar-refractivity contribution in [3.8, 4) is 5.75 Å². The lowest BCUT2D eigenvalue weighted by molar-refractivity contribution is 0.0306. The van der Waals surface area contributed by atoms with Gasteiger partial charge in [-0.3, -0.25) is 9.69 Å². The second-order valence-electron chi connectivity index (χ2n) is 10.7. The van der Waals surface area contributed by atoms with E-state index in [1.807, 2.05) is 31.3 Å². The van der Waals surface area contributed by atoms with Gasteiger partial charge in [-0.15, -0.1) is 11.3 Å². The molecule has 0 radical (unpaired) electrons. The lowest BCUT2D eigenvalue weighted by Gasteiger charge is -2.33. The smallest absolute Gasteiger partial charge is 0.264 e. The fourth-order valence-corrected chi connectivity index (χ4v) is 6.83. The molecular weight excluding hydrogens is 538 g/mol. The van der Waals surface area contributed by atoms with Crippen molar-refractivity contribution in [2.75, 3.05) is 51.3 Å². The van der Waals surface area contributed by atoms with Crippen molar-refractivity contribution >= 4 is 33.3 Å². The Labute approximate surface area is 244 Å². The van der Waals surface area contributed by atoms with Crippen molar-refractivity contribution in [3.05, 3.63) is 64.8 Å². The predicted molar refractivity (Wildman–Crippen MR) is 160 cm³/mol. The first-order valence-corrected chi connectivity index (χ1v) is 15.2. The van der Waals surface area contributed by atoms with Crippen LogP contribution in [0.25, 0.3) is 10.2 Å². The number of nitrogens with zero attached hydrogens (tertiary/aromatic N) is 6. The van der Waals surface area contributed by atoms with E-state index >= 15 is 0 Å². The summed E-state index contributed by atoms with van der Waals surface area (Å²) in [6.07, 6.45) is 9.27. The molecular formula is C30H37N7O3S. The van der Waals surface area contributed by atoms with Gasteiger partial charge in [0.25, 0.3) is 5.91 Å². The van der Waals surface area contributed by atoms with Gasteiger partial charge in [0.15, 0.2) is 0 Å². The summed E-state index contributed by atoms with van der Waals surface area (Å²) in [5.74, 6) is 1.83. The van der Waals surface area contributed by atoms with E-state index < -0.39 is 0 Å². The van der Waals surface area contributed by atoms with Crippen LogP contribution in [0.2, 0.25) is 0 Å². The number of carbonyl (C=O) groups excluding carboxylic acids is 1. The van der Waals surface area contributed by atoms with E-state index in [1.54, 1.807) is 12.5 Å². The van der Waals surface area contributed by atoms with Gasteiger partial charge < -0.3 is 24.3 Å². The van der Waals surface area contributed by atoms with Crippen LogP contribution in [-0.2, 0) is 17.8 Å². The van der Waals surface area contributed by atoms with Gasteiger partial charge in [0.1, 0.15) is 22.7 Å². The van der Waals surface area contributed by atoms with E-state index in [9.17, 15) is 4.79 Å². The number of hydrogen-bond acceptors (Lipinski definition) is 9. The molecule has 2 aliphatic heterocycles. The molecule has 41 heavy (non-hydrogen) atoms. The summed E-state index contributed by atoms with van der Waals surface area (Å²) < 4.78 is 13.4. The zero-order valence-electron chi connectivity index (χ0n) is 23.7. The number of likely N-dealkylation sites (tertiary alicyclic amines) is 1. The third-order valence-corrected chi connectivity index (χ3v) is 9.08. The number of amides is 1. The number of anilines is 1. The Morgan fingerprint density at radius 3 is 2.73 bits per heavy atom. The van der Waals surface area contributed by atoms with Crippen molar-refractivity contribution in [2.45, 2.75) is 45.8 Å². The van der Waals surface area contributed by atoms with Crippen LogP contribution >= 0.6 is 11.3 Å². The second-order valence-corrected chi connectivity index (χ2v) is 11.7. The number of thiophene rings is 1. The Kier molecular flexibility index (Phi) is 8.45. The molecule has 6 rings (SSSR count). The summed E-state index contributed by atoms with van der Waals surface area (Å²) >= 11 is 1.46. The Morgan fingerprint density at radius 1 is 1.15 bits per heavy atom. The Balaban J connectivity index is 1.10. The Bertz CT molecular complexity index is 1480. The molecule has 3 aromatic heterocycles. The van der Waals surface area contributed by atoms with Gasteiger partial charge >= 0.3 is 0 Å². The number of carbonyl (C=O) groups is 1. The predicted octanol–water partition coefficient (Wildman–Crippen LogP) is 4.19. The monoisotopic (exact) mass is 575 g/mol. The molecule has 4 aromatic rings. The maximum Gasteiger partial charge on any atom is 0.264 e. The molecule has 1 N–H and O–H groups in total. The van der Waals surface area contributed by atoms with Crippen molar-refractivity contribution in [1.82, 2.24) is 29.3 Å². The number of hydrogen-bond donors (Lipinski definition) is 1. The highest BCUT2D eigenvalue weighted by atomic mass is 32.1. The summed E-state index contributed by atoms with van der Waals surface area (Å²) in [6, 6.07) is 6.86. The topological polar surface area (TPSA) is 97.6 Å². The Hall–Kier alpha value is -3.54. The van der Waals surface area contributed by atoms with E-state index in [0.717, 1.165) is 71.2 Å². The standard InChI is InChI=1S/C30H37N7O3S/c1-3-40-25-5-4-22(16-23(25)18-36-11-8-31-20-36)17-35-9-6-24(7-10-35)34-28-26-21(2)27(41-29(26)33-19-32-28)30(38)37-12-14-39-15-13-37/h4-5,8,11,16,19-20,24H,3,6-7,9-10,12-15,17-18H2,1-2H3,(H,32,33,34). The van der Waals surface area contributed by atoms with E-state index in [2.05, 4.69) is 47.9 Å². The van der Waals surface area contributed by atoms with Crippen LogP contribution in [0.15, 0.2) is 43.2 Å². The van der Waals surface area contributed by atoms with E-state index in [-0.39, 0.29) is 5.91 Å². The average Bonchev–Trinajstić information content (AvgIpc) is 3.63. The van der Waals surface area contributed by atoms with E-state index in [1.165, 1.54) is 22.5 Å². The number of aromatic nitrogens is 4. The first-order chi connectivity index (χ1) is 20.1. The van der Waals surface area contributed by atoms with Crippen molar-refractivity contribution in [3.63, 3.8) is 0 Å². The SMILES string of the molecule is CCOc1ccc(CN2CCC(Nc3ncnc4sc(C(=O)N5CCOCC5)c(C)c34)CC2)cc1Cn1ccnc1. The minimum Gasteiger partial charge on any atom is -0.494 e. The van der Waals surface area contributed by atoms with Crippen molar-refractivity contribution < 1.29 is 14.3 Å². The van der Waals surface area contributed by atoms with Crippen LogP contribution in [0, 0.1) is 6.92 Å². The van der Waals surface area contributed by atoms with Gasteiger partial charge in [-0.2, -0.15) is 0 Å². The fourth-order valence-electron chi connectivity index (χ4n) is 5.71. The molecule has 0 aliphatic carbocycles. The van der Waals surface area contributed by atoms with Crippen LogP contribution in [0.3, 0.4) is 0 Å². The number of morpholine rings is 1. The van der Waals surface area contributed by atoms with Crippen molar-refractivity contribution in [2.24, 2.45) is 0 Å². The van der Waals surface area contributed by atoms with Gasteiger partial charge in [0, 0.05) is 56.7 Å². The minimum absolute atomic E-state index is 0.0653. The summed E-state index contributed by atoms with van der Waals surface area (Å²) in [5, 5.41) is 4.66. The first-order valence-electron chi connectivity index (χ1n) is 14.4. The van der Waals surface area contributed by atoms with Gasteiger partial charge in [-0.1, -0.05) is 6.07 Å². The third-order valence-electron chi connectivity index (χ3n) is 7.89. The van der Waals surface area contributed by atoms with Crippen molar-refractivity contribution in [1.29, 1.82) is 0 Å². The molecule has 10 nitrogen and oxygen atoms in total. The number of rotatable bonds is 9.